The van der Waals surface area contributed by atoms with Crippen molar-refractivity contribution in [3.05, 3.63) is 22.4 Å². The fourth-order valence-corrected chi connectivity index (χ4v) is 2.79. The van der Waals surface area contributed by atoms with Gasteiger partial charge in [0, 0.05) is 4.88 Å². The van der Waals surface area contributed by atoms with E-state index in [4.69, 9.17) is 0 Å². The van der Waals surface area contributed by atoms with E-state index in [1.165, 1.54) is 4.88 Å². The molecule has 1 fully saturated rings. The number of hydrogen-bond donors (Lipinski definition) is 2. The fraction of sp³-hybridized carbons (Fsp3) is 0.583. The summed E-state index contributed by atoms with van der Waals surface area (Å²) in [5, 5.41) is 8.38. The van der Waals surface area contributed by atoms with Crippen LogP contribution in [-0.2, 0) is 4.79 Å². The van der Waals surface area contributed by atoms with Crippen LogP contribution in [0, 0.1) is 0 Å². The number of rotatable bonds is 3. The Morgan fingerprint density at radius 2 is 2.50 bits per heavy atom. The van der Waals surface area contributed by atoms with Crippen molar-refractivity contribution in [2.24, 2.45) is 0 Å². The van der Waals surface area contributed by atoms with Gasteiger partial charge in [-0.1, -0.05) is 6.07 Å². The quantitative estimate of drug-likeness (QED) is 0.846. The molecule has 1 saturated heterocycles. The molecule has 1 aliphatic rings. The van der Waals surface area contributed by atoms with Gasteiger partial charge in [0.2, 0.25) is 5.91 Å². The Morgan fingerprint density at radius 3 is 3.06 bits per heavy atom. The lowest BCUT2D eigenvalue weighted by molar-refractivity contribution is -0.127. The molecule has 0 saturated carbocycles. The molecule has 0 spiro atoms. The first-order chi connectivity index (χ1) is 7.62. The average Bonchev–Trinajstić information content (AvgIpc) is 2.88. The van der Waals surface area contributed by atoms with Crippen LogP contribution in [0.15, 0.2) is 17.5 Å². The number of carbonyl (C=O) groups excluding carboxylic acids is 1. The molecule has 0 bridgehead atoms. The Bertz CT molecular complexity index is 355. The molecule has 16 heavy (non-hydrogen) atoms. The molecule has 1 aromatic rings. The lowest BCUT2D eigenvalue weighted by Gasteiger charge is -2.25. The monoisotopic (exact) mass is 238 g/mol. The Kier molecular flexibility index (Phi) is 3.30. The van der Waals surface area contributed by atoms with Crippen LogP contribution in [0.2, 0.25) is 0 Å². The minimum absolute atomic E-state index is 0.103. The highest BCUT2D eigenvalue weighted by molar-refractivity contribution is 7.10. The molecule has 2 atom stereocenters. The van der Waals surface area contributed by atoms with Gasteiger partial charge in [-0.2, -0.15) is 0 Å². The van der Waals surface area contributed by atoms with E-state index < -0.39 is 0 Å². The fourth-order valence-electron chi connectivity index (χ4n) is 2.05. The summed E-state index contributed by atoms with van der Waals surface area (Å²) >= 11 is 1.68. The van der Waals surface area contributed by atoms with Gasteiger partial charge in [-0.05, 0) is 44.7 Å². The second kappa shape index (κ2) is 4.55. The second-order valence-electron chi connectivity index (χ2n) is 4.57. The first-order valence-electron chi connectivity index (χ1n) is 5.71. The summed E-state index contributed by atoms with van der Waals surface area (Å²) in [6.45, 7) is 4.95. The summed E-state index contributed by atoms with van der Waals surface area (Å²) in [6, 6.07) is 4.17. The highest BCUT2D eigenvalue weighted by Gasteiger charge is 2.36. The molecule has 0 aromatic carbocycles. The summed E-state index contributed by atoms with van der Waals surface area (Å²) in [5.74, 6) is 0.117. The Hall–Kier alpha value is -0.870. The van der Waals surface area contributed by atoms with Gasteiger partial charge in [-0.3, -0.25) is 4.79 Å². The Morgan fingerprint density at radius 1 is 1.69 bits per heavy atom. The van der Waals surface area contributed by atoms with Crippen LogP contribution in [-0.4, -0.2) is 18.0 Å². The maximum absolute atomic E-state index is 12.1. The number of amides is 1. The highest BCUT2D eigenvalue weighted by Crippen LogP contribution is 2.22. The number of carbonyl (C=O) groups is 1. The Labute approximate surface area is 100 Å². The zero-order valence-corrected chi connectivity index (χ0v) is 10.6. The summed E-state index contributed by atoms with van der Waals surface area (Å²) in [6.07, 6.45) is 2.01. The van der Waals surface area contributed by atoms with E-state index in [1.807, 2.05) is 25.3 Å². The van der Waals surface area contributed by atoms with Crippen molar-refractivity contribution >= 4 is 17.2 Å². The molecule has 1 aromatic heterocycles. The number of nitrogens with one attached hydrogen (secondary N) is 2. The second-order valence-corrected chi connectivity index (χ2v) is 5.55. The first kappa shape index (κ1) is 11.6. The summed E-state index contributed by atoms with van der Waals surface area (Å²) in [4.78, 5) is 13.3. The third-order valence-electron chi connectivity index (χ3n) is 3.19. The van der Waals surface area contributed by atoms with E-state index in [-0.39, 0.29) is 17.5 Å². The normalized spacial score (nSPS) is 26.6. The van der Waals surface area contributed by atoms with Gasteiger partial charge in [0.25, 0.3) is 0 Å². The van der Waals surface area contributed by atoms with Crippen LogP contribution in [0.3, 0.4) is 0 Å². The van der Waals surface area contributed by atoms with Crippen molar-refractivity contribution in [3.8, 4) is 0 Å². The lowest BCUT2D eigenvalue weighted by atomic mass is 9.99. The van der Waals surface area contributed by atoms with Crippen molar-refractivity contribution < 1.29 is 4.79 Å². The van der Waals surface area contributed by atoms with Gasteiger partial charge < -0.3 is 10.6 Å². The van der Waals surface area contributed by atoms with E-state index in [0.717, 1.165) is 19.4 Å². The van der Waals surface area contributed by atoms with Crippen LogP contribution in [0.4, 0.5) is 0 Å². The molecule has 0 radical (unpaired) electrons. The highest BCUT2D eigenvalue weighted by atomic mass is 32.1. The van der Waals surface area contributed by atoms with Gasteiger partial charge in [-0.25, -0.2) is 0 Å². The third-order valence-corrected chi connectivity index (χ3v) is 4.24. The van der Waals surface area contributed by atoms with E-state index in [0.29, 0.717) is 0 Å². The molecule has 2 rings (SSSR count). The summed E-state index contributed by atoms with van der Waals surface area (Å²) in [7, 11) is 0. The molecule has 2 heterocycles. The molecule has 0 aliphatic carbocycles. The van der Waals surface area contributed by atoms with E-state index in [1.54, 1.807) is 11.3 Å². The molecule has 2 N–H and O–H groups in total. The van der Waals surface area contributed by atoms with Crippen molar-refractivity contribution in [3.63, 3.8) is 0 Å². The standard InChI is InChI=1S/C12H18N2OS/c1-9(10-5-3-8-16-10)14-11(15)12(2)6-4-7-13-12/h3,5,8-9,13H,4,6-7H2,1-2H3,(H,14,15). The van der Waals surface area contributed by atoms with Crippen LogP contribution < -0.4 is 10.6 Å². The minimum Gasteiger partial charge on any atom is -0.347 e. The van der Waals surface area contributed by atoms with Crippen molar-refractivity contribution in [1.82, 2.24) is 10.6 Å². The minimum atomic E-state index is -0.370. The average molecular weight is 238 g/mol. The predicted octanol–water partition coefficient (Wildman–Crippen LogP) is 2.07. The van der Waals surface area contributed by atoms with Crippen LogP contribution in [0.5, 0.6) is 0 Å². The largest absolute Gasteiger partial charge is 0.347 e. The van der Waals surface area contributed by atoms with Crippen molar-refractivity contribution in [1.29, 1.82) is 0 Å². The maximum atomic E-state index is 12.1. The van der Waals surface area contributed by atoms with E-state index in [9.17, 15) is 4.79 Å². The lowest BCUT2D eigenvalue weighted by Crippen LogP contribution is -2.51. The van der Waals surface area contributed by atoms with Crippen molar-refractivity contribution in [2.45, 2.75) is 38.3 Å². The predicted molar refractivity (Wildman–Crippen MR) is 66.5 cm³/mol. The number of thiophene rings is 1. The molecule has 2 unspecified atom stereocenters. The third kappa shape index (κ3) is 2.28. The topological polar surface area (TPSA) is 41.1 Å². The van der Waals surface area contributed by atoms with Gasteiger partial charge in [0.05, 0.1) is 11.6 Å². The van der Waals surface area contributed by atoms with E-state index in [2.05, 4.69) is 16.7 Å². The van der Waals surface area contributed by atoms with Crippen LogP contribution in [0.1, 0.15) is 37.6 Å². The van der Waals surface area contributed by atoms with Gasteiger partial charge in [-0.15, -0.1) is 11.3 Å². The smallest absolute Gasteiger partial charge is 0.240 e. The maximum Gasteiger partial charge on any atom is 0.240 e. The molecular formula is C12H18N2OS. The molecule has 88 valence electrons. The number of hydrogen-bond acceptors (Lipinski definition) is 3. The van der Waals surface area contributed by atoms with Crippen LogP contribution in [0.25, 0.3) is 0 Å². The summed E-state index contributed by atoms with van der Waals surface area (Å²) < 4.78 is 0. The van der Waals surface area contributed by atoms with Gasteiger partial charge in [0.15, 0.2) is 0 Å². The van der Waals surface area contributed by atoms with Gasteiger partial charge in [0.1, 0.15) is 0 Å². The van der Waals surface area contributed by atoms with Gasteiger partial charge >= 0.3 is 0 Å². The molecule has 3 nitrogen and oxygen atoms in total. The summed E-state index contributed by atoms with van der Waals surface area (Å²) in [5.41, 5.74) is -0.370. The van der Waals surface area contributed by atoms with E-state index >= 15 is 0 Å². The molecule has 4 heteroatoms. The SMILES string of the molecule is CC(NC(=O)C1(C)CCCN1)c1cccs1. The first-order valence-corrected chi connectivity index (χ1v) is 6.59. The molecular weight excluding hydrogens is 220 g/mol. The van der Waals surface area contributed by atoms with Crippen molar-refractivity contribution in [2.75, 3.05) is 6.54 Å². The van der Waals surface area contributed by atoms with Crippen LogP contribution >= 0.6 is 11.3 Å². The zero-order chi connectivity index (χ0) is 11.6. The molecule has 1 amide bonds. The zero-order valence-electron chi connectivity index (χ0n) is 9.75. The molecule has 1 aliphatic heterocycles. The Balaban J connectivity index is 1.97.